The lowest BCUT2D eigenvalue weighted by molar-refractivity contribution is 0.604. The predicted molar refractivity (Wildman–Crippen MR) is 75.9 cm³/mol. The maximum absolute atomic E-state index is 6.24. The van der Waals surface area contributed by atoms with Crippen LogP contribution in [0.4, 0.5) is 0 Å². The van der Waals surface area contributed by atoms with E-state index in [9.17, 15) is 0 Å². The third-order valence-electron chi connectivity index (χ3n) is 2.58. The Labute approximate surface area is 111 Å². The minimum absolute atomic E-state index is 0.0743. The Hall–Kier alpha value is -0.710. The van der Waals surface area contributed by atoms with Crippen LogP contribution in [0.25, 0.3) is 0 Å². The van der Waals surface area contributed by atoms with E-state index < -0.39 is 0 Å². The summed E-state index contributed by atoms with van der Waals surface area (Å²) in [4.78, 5) is 7.03. The zero-order chi connectivity index (χ0) is 12.6. The number of nitrogens with two attached hydrogens (primary N) is 1. The van der Waals surface area contributed by atoms with Crippen LogP contribution in [0.1, 0.15) is 47.3 Å². The number of nitrogens with zero attached hydrogens (tertiary/aromatic N) is 1. The maximum atomic E-state index is 6.24. The Morgan fingerprint density at radius 3 is 2.47 bits per heavy atom. The van der Waals surface area contributed by atoms with Gasteiger partial charge in [-0.05, 0) is 24.5 Å². The summed E-state index contributed by atoms with van der Waals surface area (Å²) in [6.07, 6.45) is 0. The van der Waals surface area contributed by atoms with Gasteiger partial charge in [0.2, 0.25) is 0 Å². The molecule has 4 heteroatoms. The normalized spacial score (nSPS) is 13.9. The third kappa shape index (κ3) is 2.76. The van der Waals surface area contributed by atoms with E-state index in [0.717, 1.165) is 10.7 Å². The molecule has 0 bridgehead atoms. The molecule has 17 heavy (non-hydrogen) atoms. The van der Waals surface area contributed by atoms with Crippen molar-refractivity contribution in [3.05, 3.63) is 38.0 Å². The summed E-state index contributed by atoms with van der Waals surface area (Å²) in [7, 11) is 0. The highest BCUT2D eigenvalue weighted by Crippen LogP contribution is 2.34. The van der Waals surface area contributed by atoms with Crippen LogP contribution in [0.15, 0.2) is 17.5 Å². The molecule has 0 aromatic carbocycles. The molecule has 2 N–H and O–H groups in total. The second kappa shape index (κ2) is 4.52. The topological polar surface area (TPSA) is 38.9 Å². The fourth-order valence-electron chi connectivity index (χ4n) is 1.56. The molecule has 0 saturated carbocycles. The smallest absolute Gasteiger partial charge is 0.115 e. The van der Waals surface area contributed by atoms with Gasteiger partial charge in [0.1, 0.15) is 5.01 Å². The van der Waals surface area contributed by atoms with Gasteiger partial charge in [-0.3, -0.25) is 0 Å². The number of rotatable bonds is 2. The van der Waals surface area contributed by atoms with Gasteiger partial charge < -0.3 is 5.73 Å². The van der Waals surface area contributed by atoms with Crippen molar-refractivity contribution in [1.29, 1.82) is 0 Å². The molecule has 2 aromatic rings. The number of aromatic nitrogens is 1. The quantitative estimate of drug-likeness (QED) is 0.896. The van der Waals surface area contributed by atoms with Crippen molar-refractivity contribution >= 4 is 22.7 Å². The average Bonchev–Trinajstić information content (AvgIpc) is 2.83. The lowest BCUT2D eigenvalue weighted by Crippen LogP contribution is -2.10. The van der Waals surface area contributed by atoms with Crippen molar-refractivity contribution in [3.63, 3.8) is 0 Å². The standard InChI is InChI=1S/C13H18N2S2/c1-8-7-16-12(15-8)11(14)9-5-6-10(17-9)13(2,3)4/h5-7,11H,14H2,1-4H3. The highest BCUT2D eigenvalue weighted by molar-refractivity contribution is 7.13. The zero-order valence-electron chi connectivity index (χ0n) is 10.7. The Bertz CT molecular complexity index is 505. The predicted octanol–water partition coefficient (Wildman–Crippen LogP) is 3.86. The molecule has 0 spiro atoms. The monoisotopic (exact) mass is 266 g/mol. The molecule has 0 fully saturated rings. The lowest BCUT2D eigenvalue weighted by Gasteiger charge is -2.15. The fourth-order valence-corrected chi connectivity index (χ4v) is 3.52. The second-order valence-electron chi connectivity index (χ2n) is 5.26. The molecule has 0 amide bonds. The molecule has 0 radical (unpaired) electrons. The van der Waals surface area contributed by atoms with Crippen molar-refractivity contribution < 1.29 is 0 Å². The van der Waals surface area contributed by atoms with E-state index in [1.165, 1.54) is 9.75 Å². The lowest BCUT2D eigenvalue weighted by atomic mass is 9.95. The molecule has 0 saturated heterocycles. The van der Waals surface area contributed by atoms with E-state index >= 15 is 0 Å². The van der Waals surface area contributed by atoms with Crippen LogP contribution in [-0.2, 0) is 5.41 Å². The highest BCUT2D eigenvalue weighted by atomic mass is 32.1. The summed E-state index contributed by atoms with van der Waals surface area (Å²) in [5, 5.41) is 3.05. The van der Waals surface area contributed by atoms with E-state index in [1.807, 2.05) is 12.3 Å². The first kappa shape index (κ1) is 12.7. The Morgan fingerprint density at radius 1 is 1.29 bits per heavy atom. The second-order valence-corrected chi connectivity index (χ2v) is 7.26. The van der Waals surface area contributed by atoms with Crippen molar-refractivity contribution in [2.24, 2.45) is 5.73 Å². The van der Waals surface area contributed by atoms with E-state index in [0.29, 0.717) is 0 Å². The van der Waals surface area contributed by atoms with Crippen molar-refractivity contribution in [3.8, 4) is 0 Å². The summed E-state index contributed by atoms with van der Waals surface area (Å²) >= 11 is 3.43. The summed E-state index contributed by atoms with van der Waals surface area (Å²) in [5.74, 6) is 0. The van der Waals surface area contributed by atoms with Gasteiger partial charge in [0.15, 0.2) is 0 Å². The first-order valence-corrected chi connectivity index (χ1v) is 7.35. The summed E-state index contributed by atoms with van der Waals surface area (Å²) < 4.78 is 0. The van der Waals surface area contributed by atoms with Crippen LogP contribution in [-0.4, -0.2) is 4.98 Å². The number of hydrogen-bond acceptors (Lipinski definition) is 4. The SMILES string of the molecule is Cc1csc(C(N)c2ccc(C(C)(C)C)s2)n1. The summed E-state index contributed by atoms with van der Waals surface area (Å²) in [5.41, 5.74) is 7.49. The van der Waals surface area contributed by atoms with Crippen LogP contribution in [0, 0.1) is 6.92 Å². The first-order valence-electron chi connectivity index (χ1n) is 5.66. The van der Waals surface area contributed by atoms with Crippen molar-refractivity contribution in [1.82, 2.24) is 4.98 Å². The van der Waals surface area contributed by atoms with Crippen LogP contribution >= 0.6 is 22.7 Å². The Balaban J connectivity index is 2.26. The molecule has 1 atom stereocenters. The van der Waals surface area contributed by atoms with Crippen LogP contribution in [0.3, 0.4) is 0 Å². The minimum atomic E-state index is -0.0743. The van der Waals surface area contributed by atoms with Gasteiger partial charge in [0.05, 0.1) is 6.04 Å². The molecule has 2 rings (SSSR count). The maximum Gasteiger partial charge on any atom is 0.115 e. The summed E-state index contributed by atoms with van der Waals surface area (Å²) in [6, 6.07) is 4.24. The number of thiophene rings is 1. The minimum Gasteiger partial charge on any atom is -0.318 e. The molecule has 0 aliphatic rings. The van der Waals surface area contributed by atoms with Gasteiger partial charge in [0.25, 0.3) is 0 Å². The highest BCUT2D eigenvalue weighted by Gasteiger charge is 2.20. The van der Waals surface area contributed by atoms with E-state index in [1.54, 1.807) is 22.7 Å². The Kier molecular flexibility index (Phi) is 3.39. The van der Waals surface area contributed by atoms with Gasteiger partial charge in [-0.25, -0.2) is 4.98 Å². The fraction of sp³-hybridized carbons (Fsp3) is 0.462. The van der Waals surface area contributed by atoms with E-state index in [-0.39, 0.29) is 11.5 Å². The van der Waals surface area contributed by atoms with Crippen molar-refractivity contribution in [2.45, 2.75) is 39.2 Å². The van der Waals surface area contributed by atoms with Crippen LogP contribution in [0.5, 0.6) is 0 Å². The van der Waals surface area contributed by atoms with Gasteiger partial charge in [0, 0.05) is 20.8 Å². The van der Waals surface area contributed by atoms with Gasteiger partial charge in [-0.15, -0.1) is 22.7 Å². The largest absolute Gasteiger partial charge is 0.318 e. The van der Waals surface area contributed by atoms with Crippen molar-refractivity contribution in [2.75, 3.05) is 0 Å². The Morgan fingerprint density at radius 2 is 2.00 bits per heavy atom. The molecule has 2 heterocycles. The molecule has 92 valence electrons. The van der Waals surface area contributed by atoms with E-state index in [2.05, 4.69) is 37.9 Å². The molecule has 0 aliphatic carbocycles. The molecule has 1 unspecified atom stereocenters. The molecule has 2 nitrogen and oxygen atoms in total. The number of thiazole rings is 1. The van der Waals surface area contributed by atoms with Crippen LogP contribution in [0.2, 0.25) is 0 Å². The molecule has 0 aliphatic heterocycles. The van der Waals surface area contributed by atoms with Gasteiger partial charge >= 0.3 is 0 Å². The molecule has 2 aromatic heterocycles. The summed E-state index contributed by atoms with van der Waals surface area (Å²) in [6.45, 7) is 8.67. The average molecular weight is 266 g/mol. The van der Waals surface area contributed by atoms with Gasteiger partial charge in [-0.2, -0.15) is 0 Å². The van der Waals surface area contributed by atoms with Gasteiger partial charge in [-0.1, -0.05) is 20.8 Å². The van der Waals surface area contributed by atoms with E-state index in [4.69, 9.17) is 5.73 Å². The molecular weight excluding hydrogens is 248 g/mol. The van der Waals surface area contributed by atoms with Crippen LogP contribution < -0.4 is 5.73 Å². The first-order chi connectivity index (χ1) is 7.88. The third-order valence-corrected chi connectivity index (χ3v) is 5.22. The zero-order valence-corrected chi connectivity index (χ0v) is 12.3. The number of aryl methyl sites for hydroxylation is 1. The molecular formula is C13H18N2S2. The number of hydrogen-bond donors (Lipinski definition) is 1.